The van der Waals surface area contributed by atoms with Crippen molar-refractivity contribution in [1.82, 2.24) is 14.5 Å². The highest BCUT2D eigenvalue weighted by molar-refractivity contribution is 5.96. The van der Waals surface area contributed by atoms with Crippen LogP contribution in [0.2, 0.25) is 0 Å². The van der Waals surface area contributed by atoms with Gasteiger partial charge in [-0.1, -0.05) is 91.0 Å². The van der Waals surface area contributed by atoms with Gasteiger partial charge in [0.25, 0.3) is 0 Å². The molecule has 0 saturated heterocycles. The fourth-order valence-electron chi connectivity index (χ4n) is 5.13. The van der Waals surface area contributed by atoms with Crippen LogP contribution in [-0.2, 0) is 0 Å². The van der Waals surface area contributed by atoms with E-state index in [0.717, 1.165) is 39.0 Å². The van der Waals surface area contributed by atoms with Gasteiger partial charge in [0.15, 0.2) is 0 Å². The first-order valence-corrected chi connectivity index (χ1v) is 13.1. The highest BCUT2D eigenvalue weighted by Gasteiger charge is 2.19. The van der Waals surface area contributed by atoms with Crippen molar-refractivity contribution in [2.75, 3.05) is 0 Å². The van der Waals surface area contributed by atoms with E-state index in [1.165, 1.54) is 0 Å². The molecule has 0 saturated carbocycles. The quantitative estimate of drug-likeness (QED) is 0.248. The first-order chi connectivity index (χ1) is 20.6. The number of fused-ring (bicyclic) bond motifs is 1. The Morgan fingerprint density at radius 1 is 0.600 bits per heavy atom. The Kier molecular flexibility index (Phi) is 5.37. The van der Waals surface area contributed by atoms with Crippen LogP contribution < -0.4 is 0 Å². The SMILES string of the molecule is [2H]c1nc(-c2cccc(-c3cccc4c3nc(-c3ccccc3O)n4-c3ccccc3)c2)cc(-c2ccccc2)c1[2H]. The standard InChI is InChI=1S/C36H25N3O/c40-34-20-8-7-17-31(34)36-38-35-30(18-10-19-33(35)39(36)29-15-5-2-6-16-29)27-13-9-14-28(23-27)32-24-26(21-22-37-32)25-11-3-1-4-12-25/h1-24,40H/i21D,22D. The number of rotatable bonds is 5. The van der Waals surface area contributed by atoms with Crippen LogP contribution in [0.4, 0.5) is 0 Å². The van der Waals surface area contributed by atoms with Crippen molar-refractivity contribution in [1.29, 1.82) is 0 Å². The Morgan fingerprint density at radius 2 is 1.27 bits per heavy atom. The lowest BCUT2D eigenvalue weighted by Crippen LogP contribution is -1.97. The number of para-hydroxylation sites is 3. The van der Waals surface area contributed by atoms with Gasteiger partial charge in [-0.3, -0.25) is 9.55 Å². The average molecular weight is 518 g/mol. The normalized spacial score (nSPS) is 11.8. The number of phenols is 1. The summed E-state index contributed by atoms with van der Waals surface area (Å²) in [5.41, 5.74) is 8.23. The summed E-state index contributed by atoms with van der Waals surface area (Å²) in [4.78, 5) is 9.58. The summed E-state index contributed by atoms with van der Waals surface area (Å²) >= 11 is 0. The van der Waals surface area contributed by atoms with E-state index in [2.05, 4.69) is 15.6 Å². The van der Waals surface area contributed by atoms with Gasteiger partial charge < -0.3 is 5.11 Å². The van der Waals surface area contributed by atoms with Crippen molar-refractivity contribution in [3.63, 3.8) is 0 Å². The minimum atomic E-state index is -0.0622. The summed E-state index contributed by atoms with van der Waals surface area (Å²) in [5.74, 6) is 0.815. The molecule has 0 radical (unpaired) electrons. The number of aromatic hydroxyl groups is 1. The maximum atomic E-state index is 10.8. The molecule has 0 spiro atoms. The summed E-state index contributed by atoms with van der Waals surface area (Å²) in [7, 11) is 0. The number of pyridine rings is 1. The molecule has 0 unspecified atom stereocenters. The van der Waals surface area contributed by atoms with Crippen LogP contribution in [0.5, 0.6) is 5.75 Å². The molecule has 5 aromatic carbocycles. The lowest BCUT2D eigenvalue weighted by atomic mass is 9.99. The third-order valence-electron chi connectivity index (χ3n) is 7.05. The van der Waals surface area contributed by atoms with Crippen LogP contribution in [0.1, 0.15) is 2.74 Å². The second-order valence-electron chi connectivity index (χ2n) is 9.54. The van der Waals surface area contributed by atoms with Gasteiger partial charge in [-0.05, 0) is 65.2 Å². The third kappa shape index (κ3) is 4.22. The molecule has 190 valence electrons. The van der Waals surface area contributed by atoms with E-state index < -0.39 is 0 Å². The predicted molar refractivity (Wildman–Crippen MR) is 162 cm³/mol. The minimum Gasteiger partial charge on any atom is -0.507 e. The van der Waals surface area contributed by atoms with Gasteiger partial charge in [0.05, 0.1) is 25.0 Å². The van der Waals surface area contributed by atoms with Gasteiger partial charge in [-0.25, -0.2) is 4.98 Å². The monoisotopic (exact) mass is 517 g/mol. The van der Waals surface area contributed by atoms with Gasteiger partial charge >= 0.3 is 0 Å². The summed E-state index contributed by atoms with van der Waals surface area (Å²) in [6, 6.07) is 43.1. The van der Waals surface area contributed by atoms with E-state index in [0.29, 0.717) is 22.6 Å². The van der Waals surface area contributed by atoms with Crippen LogP contribution in [0.25, 0.3) is 61.6 Å². The van der Waals surface area contributed by atoms with E-state index in [1.54, 1.807) is 12.1 Å². The first-order valence-electron chi connectivity index (χ1n) is 14.1. The van der Waals surface area contributed by atoms with Crippen molar-refractivity contribution in [3.05, 3.63) is 146 Å². The molecule has 0 fully saturated rings. The van der Waals surface area contributed by atoms with Crippen LogP contribution in [0.3, 0.4) is 0 Å². The molecule has 0 aliphatic rings. The molecule has 7 rings (SSSR count). The first kappa shape index (κ1) is 21.5. The number of aromatic nitrogens is 3. The Bertz CT molecular complexity index is 2070. The highest BCUT2D eigenvalue weighted by Crippen LogP contribution is 2.38. The molecular formula is C36H25N3O. The summed E-state index contributed by atoms with van der Waals surface area (Å²) in [5, 5.41) is 10.8. The zero-order valence-corrected chi connectivity index (χ0v) is 21.5. The molecule has 4 nitrogen and oxygen atoms in total. The molecule has 0 atom stereocenters. The number of phenolic OH excluding ortho intramolecular Hbond substituents is 1. The fourth-order valence-corrected chi connectivity index (χ4v) is 5.13. The molecule has 0 aliphatic carbocycles. The smallest absolute Gasteiger partial charge is 0.149 e. The largest absolute Gasteiger partial charge is 0.507 e. The van der Waals surface area contributed by atoms with Gasteiger partial charge in [0, 0.05) is 23.0 Å². The maximum Gasteiger partial charge on any atom is 0.149 e. The Hall–Kier alpha value is -5.48. The predicted octanol–water partition coefficient (Wildman–Crippen LogP) is 8.79. The lowest BCUT2D eigenvalue weighted by Gasteiger charge is -2.11. The van der Waals surface area contributed by atoms with Crippen molar-refractivity contribution in [2.24, 2.45) is 0 Å². The molecule has 7 aromatic rings. The van der Waals surface area contributed by atoms with Crippen molar-refractivity contribution in [2.45, 2.75) is 0 Å². The molecule has 0 aliphatic heterocycles. The Balaban J connectivity index is 1.41. The molecule has 2 heterocycles. The molecular weight excluding hydrogens is 490 g/mol. The third-order valence-corrected chi connectivity index (χ3v) is 7.05. The summed E-state index contributed by atoms with van der Waals surface area (Å²) in [6.45, 7) is 0. The zero-order valence-electron chi connectivity index (χ0n) is 23.5. The van der Waals surface area contributed by atoms with E-state index in [4.69, 9.17) is 7.73 Å². The Morgan fingerprint density at radius 3 is 2.10 bits per heavy atom. The molecule has 2 aromatic heterocycles. The van der Waals surface area contributed by atoms with Crippen LogP contribution >= 0.6 is 0 Å². The maximum absolute atomic E-state index is 10.8. The van der Waals surface area contributed by atoms with E-state index in [-0.39, 0.29) is 18.0 Å². The van der Waals surface area contributed by atoms with E-state index >= 15 is 0 Å². The summed E-state index contributed by atoms with van der Waals surface area (Å²) < 4.78 is 18.9. The number of hydrogen-bond donors (Lipinski definition) is 1. The molecule has 0 bridgehead atoms. The Labute approximate surface area is 235 Å². The van der Waals surface area contributed by atoms with Gasteiger partial charge in [-0.15, -0.1) is 0 Å². The van der Waals surface area contributed by atoms with Crippen LogP contribution in [-0.4, -0.2) is 19.6 Å². The van der Waals surface area contributed by atoms with Crippen LogP contribution in [0, 0.1) is 0 Å². The minimum absolute atomic E-state index is 0.0622. The van der Waals surface area contributed by atoms with Gasteiger partial charge in [-0.2, -0.15) is 0 Å². The highest BCUT2D eigenvalue weighted by atomic mass is 16.3. The average Bonchev–Trinajstić information content (AvgIpc) is 3.43. The molecule has 4 heteroatoms. The number of nitrogens with zero attached hydrogens (tertiary/aromatic N) is 3. The van der Waals surface area contributed by atoms with Crippen molar-refractivity contribution < 1.29 is 7.85 Å². The van der Waals surface area contributed by atoms with Crippen molar-refractivity contribution >= 4 is 11.0 Å². The fraction of sp³-hybridized carbons (Fsp3) is 0. The van der Waals surface area contributed by atoms with E-state index in [9.17, 15) is 5.11 Å². The molecule has 0 amide bonds. The van der Waals surface area contributed by atoms with Gasteiger partial charge in [0.1, 0.15) is 11.6 Å². The number of imidazole rings is 1. The second-order valence-corrected chi connectivity index (χ2v) is 9.54. The molecule has 40 heavy (non-hydrogen) atoms. The van der Waals surface area contributed by atoms with E-state index in [1.807, 2.05) is 115 Å². The van der Waals surface area contributed by atoms with Crippen molar-refractivity contribution in [3.8, 4) is 56.3 Å². The number of benzene rings is 5. The number of hydrogen-bond acceptors (Lipinski definition) is 3. The topological polar surface area (TPSA) is 50.9 Å². The lowest BCUT2D eigenvalue weighted by molar-refractivity contribution is 0.477. The second kappa shape index (κ2) is 10.0. The van der Waals surface area contributed by atoms with Gasteiger partial charge in [0.2, 0.25) is 0 Å². The summed E-state index contributed by atoms with van der Waals surface area (Å²) in [6.07, 6.45) is -0.0622. The van der Waals surface area contributed by atoms with Crippen LogP contribution in [0.15, 0.2) is 146 Å². The zero-order chi connectivity index (χ0) is 28.6. The molecule has 1 N–H and O–H groups in total.